The van der Waals surface area contributed by atoms with Crippen molar-refractivity contribution in [3.63, 3.8) is 0 Å². The standard InChI is InChI=1S/C11H11N5/c1-13-11-8(5-12)3-4-10(15-11)9-6-14-16(2)7-9/h3-4,6-7H,1-2H3,(H,13,15). The summed E-state index contributed by atoms with van der Waals surface area (Å²) >= 11 is 0. The van der Waals surface area contributed by atoms with E-state index in [2.05, 4.69) is 21.5 Å². The average molecular weight is 213 g/mol. The normalized spacial score (nSPS) is 9.81. The molecular formula is C11H11N5. The molecule has 5 nitrogen and oxygen atoms in total. The number of hydrogen-bond acceptors (Lipinski definition) is 4. The minimum atomic E-state index is 0.537. The van der Waals surface area contributed by atoms with Gasteiger partial charge in [-0.3, -0.25) is 4.68 Å². The van der Waals surface area contributed by atoms with E-state index in [-0.39, 0.29) is 0 Å². The molecular weight excluding hydrogens is 202 g/mol. The molecule has 0 aliphatic rings. The second kappa shape index (κ2) is 4.03. The van der Waals surface area contributed by atoms with E-state index in [9.17, 15) is 0 Å². The van der Waals surface area contributed by atoms with Crippen molar-refractivity contribution in [2.24, 2.45) is 7.05 Å². The molecule has 0 atom stereocenters. The molecule has 0 bridgehead atoms. The highest BCUT2D eigenvalue weighted by Gasteiger charge is 2.06. The molecule has 0 aliphatic carbocycles. The second-order valence-electron chi connectivity index (χ2n) is 3.36. The lowest BCUT2D eigenvalue weighted by Gasteiger charge is -2.03. The number of nitrogens with zero attached hydrogens (tertiary/aromatic N) is 4. The van der Waals surface area contributed by atoms with Crippen LogP contribution in [0.1, 0.15) is 5.56 Å². The van der Waals surface area contributed by atoms with Gasteiger partial charge in [0.15, 0.2) is 0 Å². The first-order valence-corrected chi connectivity index (χ1v) is 4.82. The smallest absolute Gasteiger partial charge is 0.144 e. The van der Waals surface area contributed by atoms with Crippen LogP contribution < -0.4 is 5.32 Å². The Hall–Kier alpha value is -2.35. The molecule has 2 aromatic rings. The SMILES string of the molecule is CNc1nc(-c2cnn(C)c2)ccc1C#N. The van der Waals surface area contributed by atoms with Crippen LogP contribution in [0.4, 0.5) is 5.82 Å². The Morgan fingerprint density at radius 1 is 1.44 bits per heavy atom. The van der Waals surface area contributed by atoms with Crippen LogP contribution in [0.2, 0.25) is 0 Å². The molecule has 0 saturated carbocycles. The van der Waals surface area contributed by atoms with Crippen molar-refractivity contribution in [3.8, 4) is 17.3 Å². The van der Waals surface area contributed by atoms with Crippen LogP contribution in [-0.2, 0) is 7.05 Å². The molecule has 2 aromatic heterocycles. The van der Waals surface area contributed by atoms with Crippen LogP contribution in [0.25, 0.3) is 11.3 Å². The maximum Gasteiger partial charge on any atom is 0.144 e. The Kier molecular flexibility index (Phi) is 2.56. The third-order valence-electron chi connectivity index (χ3n) is 2.25. The highest BCUT2D eigenvalue weighted by Crippen LogP contribution is 2.20. The van der Waals surface area contributed by atoms with E-state index >= 15 is 0 Å². The summed E-state index contributed by atoms with van der Waals surface area (Å²) in [5, 5.41) is 15.9. The highest BCUT2D eigenvalue weighted by atomic mass is 15.2. The molecule has 2 rings (SSSR count). The molecule has 0 aromatic carbocycles. The lowest BCUT2D eigenvalue weighted by Crippen LogP contribution is -1.97. The summed E-state index contributed by atoms with van der Waals surface area (Å²) in [5.41, 5.74) is 2.27. The van der Waals surface area contributed by atoms with Crippen LogP contribution >= 0.6 is 0 Å². The predicted molar refractivity (Wildman–Crippen MR) is 60.7 cm³/mol. The highest BCUT2D eigenvalue weighted by molar-refractivity contribution is 5.63. The molecule has 0 aliphatic heterocycles. The van der Waals surface area contributed by atoms with Crippen molar-refractivity contribution in [3.05, 3.63) is 30.1 Å². The average Bonchev–Trinajstić information content (AvgIpc) is 2.75. The molecule has 0 saturated heterocycles. The van der Waals surface area contributed by atoms with Gasteiger partial charge in [0.05, 0.1) is 17.5 Å². The molecule has 16 heavy (non-hydrogen) atoms. The van der Waals surface area contributed by atoms with Gasteiger partial charge in [-0.15, -0.1) is 0 Å². The third-order valence-corrected chi connectivity index (χ3v) is 2.25. The van der Waals surface area contributed by atoms with Gasteiger partial charge >= 0.3 is 0 Å². The summed E-state index contributed by atoms with van der Waals surface area (Å²) in [5.74, 6) is 0.587. The van der Waals surface area contributed by atoms with E-state index < -0.39 is 0 Å². The lowest BCUT2D eigenvalue weighted by molar-refractivity contribution is 0.768. The fraction of sp³-hybridized carbons (Fsp3) is 0.182. The zero-order chi connectivity index (χ0) is 11.5. The number of anilines is 1. The van der Waals surface area contributed by atoms with Gasteiger partial charge in [0.25, 0.3) is 0 Å². The Labute approximate surface area is 93.4 Å². The first-order valence-electron chi connectivity index (χ1n) is 4.82. The van der Waals surface area contributed by atoms with Gasteiger partial charge in [-0.05, 0) is 12.1 Å². The molecule has 5 heteroatoms. The van der Waals surface area contributed by atoms with Gasteiger partial charge in [-0.1, -0.05) is 0 Å². The fourth-order valence-electron chi connectivity index (χ4n) is 1.45. The van der Waals surface area contributed by atoms with Crippen LogP contribution in [0.5, 0.6) is 0 Å². The number of hydrogen-bond donors (Lipinski definition) is 1. The maximum atomic E-state index is 8.87. The summed E-state index contributed by atoms with van der Waals surface area (Å²) in [6, 6.07) is 5.65. The van der Waals surface area contributed by atoms with E-state index in [1.807, 2.05) is 19.3 Å². The number of nitrogens with one attached hydrogen (secondary N) is 1. The molecule has 0 spiro atoms. The molecule has 1 N–H and O–H groups in total. The van der Waals surface area contributed by atoms with Gasteiger partial charge in [0.1, 0.15) is 11.9 Å². The monoisotopic (exact) mass is 213 g/mol. The summed E-state index contributed by atoms with van der Waals surface area (Å²) in [4.78, 5) is 4.36. The van der Waals surface area contributed by atoms with Crippen molar-refractivity contribution in [1.82, 2.24) is 14.8 Å². The van der Waals surface area contributed by atoms with Crippen LogP contribution in [-0.4, -0.2) is 21.8 Å². The fourth-order valence-corrected chi connectivity index (χ4v) is 1.45. The van der Waals surface area contributed by atoms with E-state index in [1.54, 1.807) is 24.0 Å². The summed E-state index contributed by atoms with van der Waals surface area (Å²) in [7, 11) is 3.60. The first kappa shape index (κ1) is 10.2. The number of aromatic nitrogens is 3. The van der Waals surface area contributed by atoms with Crippen molar-refractivity contribution in [2.75, 3.05) is 12.4 Å². The van der Waals surface area contributed by atoms with Crippen molar-refractivity contribution in [1.29, 1.82) is 5.26 Å². The zero-order valence-electron chi connectivity index (χ0n) is 9.10. The van der Waals surface area contributed by atoms with Crippen LogP contribution in [0, 0.1) is 11.3 Å². The minimum absolute atomic E-state index is 0.537. The molecule has 0 amide bonds. The lowest BCUT2D eigenvalue weighted by atomic mass is 10.2. The van der Waals surface area contributed by atoms with Gasteiger partial charge in [-0.25, -0.2) is 4.98 Å². The predicted octanol–water partition coefficient (Wildman–Crippen LogP) is 1.40. The van der Waals surface area contributed by atoms with E-state index in [4.69, 9.17) is 5.26 Å². The second-order valence-corrected chi connectivity index (χ2v) is 3.36. The van der Waals surface area contributed by atoms with E-state index in [1.165, 1.54) is 0 Å². The maximum absolute atomic E-state index is 8.87. The van der Waals surface area contributed by atoms with Gasteiger partial charge in [0, 0.05) is 25.9 Å². The Morgan fingerprint density at radius 3 is 2.81 bits per heavy atom. The molecule has 0 fully saturated rings. The molecule has 2 heterocycles. The van der Waals surface area contributed by atoms with Crippen LogP contribution in [0.15, 0.2) is 24.5 Å². The first-order chi connectivity index (χ1) is 7.74. The van der Waals surface area contributed by atoms with Gasteiger partial charge in [0.2, 0.25) is 0 Å². The zero-order valence-corrected chi connectivity index (χ0v) is 9.10. The largest absolute Gasteiger partial charge is 0.372 e. The minimum Gasteiger partial charge on any atom is -0.372 e. The van der Waals surface area contributed by atoms with E-state index in [0.717, 1.165) is 11.3 Å². The van der Waals surface area contributed by atoms with E-state index in [0.29, 0.717) is 11.4 Å². The van der Waals surface area contributed by atoms with Crippen molar-refractivity contribution >= 4 is 5.82 Å². The third kappa shape index (κ3) is 1.73. The Morgan fingerprint density at radius 2 is 2.25 bits per heavy atom. The topological polar surface area (TPSA) is 66.5 Å². The van der Waals surface area contributed by atoms with Crippen molar-refractivity contribution in [2.45, 2.75) is 0 Å². The molecule has 0 radical (unpaired) electrons. The van der Waals surface area contributed by atoms with Crippen LogP contribution in [0.3, 0.4) is 0 Å². The Bertz CT molecular complexity index is 550. The summed E-state index contributed by atoms with van der Waals surface area (Å²) in [6.45, 7) is 0. The number of rotatable bonds is 2. The molecule has 0 unspecified atom stereocenters. The van der Waals surface area contributed by atoms with Crippen molar-refractivity contribution < 1.29 is 0 Å². The summed E-state index contributed by atoms with van der Waals surface area (Å²) in [6.07, 6.45) is 3.63. The summed E-state index contributed by atoms with van der Waals surface area (Å²) < 4.78 is 1.72. The van der Waals surface area contributed by atoms with Gasteiger partial charge < -0.3 is 5.32 Å². The number of pyridine rings is 1. The Balaban J connectivity index is 2.48. The number of nitriles is 1. The molecule has 80 valence electrons. The van der Waals surface area contributed by atoms with Gasteiger partial charge in [-0.2, -0.15) is 10.4 Å². The number of aryl methyl sites for hydroxylation is 1. The quantitative estimate of drug-likeness (QED) is 0.818.